The molecule has 0 bridgehead atoms. The highest BCUT2D eigenvalue weighted by Crippen LogP contribution is 2.32. The van der Waals surface area contributed by atoms with Crippen molar-refractivity contribution in [1.82, 2.24) is 5.32 Å². The predicted molar refractivity (Wildman–Crippen MR) is 73.3 cm³/mol. The average molecular weight is 314 g/mol. The molecule has 0 fully saturated rings. The van der Waals surface area contributed by atoms with Crippen molar-refractivity contribution in [3.63, 3.8) is 0 Å². The van der Waals surface area contributed by atoms with Crippen LogP contribution >= 0.6 is 11.6 Å². The fourth-order valence-corrected chi connectivity index (χ4v) is 2.06. The molecule has 1 aliphatic rings. The van der Waals surface area contributed by atoms with Crippen molar-refractivity contribution >= 4 is 35.2 Å². The number of fused-ring (bicyclic) bond motifs is 1. The number of anilines is 1. The van der Waals surface area contributed by atoms with E-state index in [1.807, 2.05) is 5.32 Å². The quantitative estimate of drug-likeness (QED) is 0.644. The zero-order chi connectivity index (χ0) is 15.6. The maximum absolute atomic E-state index is 11.9. The largest absolute Gasteiger partial charge is 0.478 e. The van der Waals surface area contributed by atoms with E-state index in [1.165, 1.54) is 6.07 Å². The topological polar surface area (TPSA) is 131 Å². The summed E-state index contributed by atoms with van der Waals surface area (Å²) in [5, 5.41) is 13.6. The maximum Gasteiger partial charge on any atom is 0.405 e. The third kappa shape index (κ3) is 3.54. The Labute approximate surface area is 124 Å². The number of nitrogens with two attached hydrogens (primary N) is 1. The van der Waals surface area contributed by atoms with Gasteiger partial charge in [0.2, 0.25) is 5.91 Å². The summed E-state index contributed by atoms with van der Waals surface area (Å²) in [6.45, 7) is 0. The molecule has 0 spiro atoms. The number of primary amides is 1. The standard InChI is InChI=1S/C12H12ClN3O5/c13-5-1-2-8-6(3-5)15-11(18)9(21-8)4-7(10(14)17)16-12(19)20/h1-3,7,9,16H,4H2,(H2,14,17)(H,15,18)(H,19,20)/t7?,9-/m0/s1. The zero-order valence-corrected chi connectivity index (χ0v) is 11.4. The molecule has 0 aliphatic carbocycles. The van der Waals surface area contributed by atoms with Crippen molar-refractivity contribution in [3.8, 4) is 5.75 Å². The van der Waals surface area contributed by atoms with Crippen molar-refractivity contribution in [2.45, 2.75) is 18.6 Å². The number of amides is 3. The fourth-order valence-electron chi connectivity index (χ4n) is 1.89. The summed E-state index contributed by atoms with van der Waals surface area (Å²) in [4.78, 5) is 33.7. The molecule has 0 aromatic heterocycles. The molecule has 2 atom stereocenters. The van der Waals surface area contributed by atoms with Gasteiger partial charge in [-0.15, -0.1) is 0 Å². The van der Waals surface area contributed by atoms with Crippen LogP contribution in [0.25, 0.3) is 0 Å². The minimum atomic E-state index is -1.41. The Hall–Kier alpha value is -2.48. The van der Waals surface area contributed by atoms with Gasteiger partial charge in [0.15, 0.2) is 6.10 Å². The van der Waals surface area contributed by atoms with Crippen LogP contribution in [0.4, 0.5) is 10.5 Å². The van der Waals surface area contributed by atoms with Crippen molar-refractivity contribution < 1.29 is 24.2 Å². The highest BCUT2D eigenvalue weighted by atomic mass is 35.5. The van der Waals surface area contributed by atoms with Crippen LogP contribution in [-0.4, -0.2) is 35.2 Å². The summed E-state index contributed by atoms with van der Waals surface area (Å²) >= 11 is 5.80. The molecule has 0 saturated carbocycles. The number of halogens is 1. The number of ether oxygens (including phenoxy) is 1. The van der Waals surface area contributed by atoms with Crippen molar-refractivity contribution in [2.75, 3.05) is 5.32 Å². The molecule has 5 N–H and O–H groups in total. The van der Waals surface area contributed by atoms with Crippen LogP contribution in [0, 0.1) is 0 Å². The number of carboxylic acid groups (broad SMARTS) is 1. The van der Waals surface area contributed by atoms with Gasteiger partial charge in [0.05, 0.1) is 5.69 Å². The van der Waals surface area contributed by atoms with Crippen molar-refractivity contribution in [3.05, 3.63) is 23.2 Å². The second-order valence-corrected chi connectivity index (χ2v) is 4.81. The molecular weight excluding hydrogens is 302 g/mol. The lowest BCUT2D eigenvalue weighted by molar-refractivity contribution is -0.125. The van der Waals surface area contributed by atoms with Gasteiger partial charge in [-0.3, -0.25) is 9.59 Å². The molecule has 1 aromatic carbocycles. The number of carbonyl (C=O) groups excluding carboxylic acids is 2. The van der Waals surface area contributed by atoms with E-state index >= 15 is 0 Å². The van der Waals surface area contributed by atoms with Crippen LogP contribution in [0.2, 0.25) is 5.02 Å². The van der Waals surface area contributed by atoms with E-state index in [9.17, 15) is 14.4 Å². The Morgan fingerprint density at radius 2 is 2.24 bits per heavy atom. The molecular formula is C12H12ClN3O5. The number of hydrogen-bond acceptors (Lipinski definition) is 4. The molecule has 112 valence electrons. The van der Waals surface area contributed by atoms with Gasteiger partial charge >= 0.3 is 6.09 Å². The Morgan fingerprint density at radius 3 is 2.86 bits per heavy atom. The summed E-state index contributed by atoms with van der Waals surface area (Å²) in [7, 11) is 0. The van der Waals surface area contributed by atoms with E-state index in [0.29, 0.717) is 16.5 Å². The first-order valence-corrected chi connectivity index (χ1v) is 6.30. The minimum absolute atomic E-state index is 0.213. The van der Waals surface area contributed by atoms with E-state index in [2.05, 4.69) is 5.32 Å². The van der Waals surface area contributed by atoms with Crippen molar-refractivity contribution in [2.24, 2.45) is 5.73 Å². The third-order valence-corrected chi connectivity index (χ3v) is 3.09. The first kappa shape index (κ1) is 14.9. The molecule has 0 radical (unpaired) electrons. The summed E-state index contributed by atoms with van der Waals surface area (Å²) in [5.41, 5.74) is 5.50. The van der Waals surface area contributed by atoms with Crippen molar-refractivity contribution in [1.29, 1.82) is 0 Å². The van der Waals surface area contributed by atoms with Gasteiger partial charge in [0, 0.05) is 11.4 Å². The van der Waals surface area contributed by atoms with E-state index in [4.69, 9.17) is 27.2 Å². The summed E-state index contributed by atoms with van der Waals surface area (Å²) in [6, 6.07) is 3.43. The lowest BCUT2D eigenvalue weighted by atomic mass is 10.1. The molecule has 0 saturated heterocycles. The van der Waals surface area contributed by atoms with Gasteiger partial charge in [0.25, 0.3) is 5.91 Å². The van der Waals surface area contributed by atoms with Gasteiger partial charge in [-0.1, -0.05) is 11.6 Å². The number of rotatable bonds is 4. The minimum Gasteiger partial charge on any atom is -0.478 e. The zero-order valence-electron chi connectivity index (χ0n) is 10.6. The van der Waals surface area contributed by atoms with E-state index in [1.54, 1.807) is 12.1 Å². The molecule has 8 nitrogen and oxygen atoms in total. The molecule has 1 aliphatic heterocycles. The average Bonchev–Trinajstić information content (AvgIpc) is 2.38. The molecule has 1 aromatic rings. The Bertz CT molecular complexity index is 607. The lowest BCUT2D eigenvalue weighted by Crippen LogP contribution is -2.49. The van der Waals surface area contributed by atoms with Gasteiger partial charge in [-0.05, 0) is 18.2 Å². The van der Waals surface area contributed by atoms with Gasteiger partial charge < -0.3 is 26.2 Å². The van der Waals surface area contributed by atoms with Gasteiger partial charge in [-0.25, -0.2) is 4.79 Å². The van der Waals surface area contributed by atoms with E-state index < -0.39 is 30.1 Å². The van der Waals surface area contributed by atoms with Crippen LogP contribution < -0.4 is 21.1 Å². The summed E-state index contributed by atoms with van der Waals surface area (Å²) in [6.07, 6.45) is -2.67. The fraction of sp³-hybridized carbons (Fsp3) is 0.250. The predicted octanol–water partition coefficient (Wildman–Crippen LogP) is 0.551. The number of carbonyl (C=O) groups is 3. The highest BCUT2D eigenvalue weighted by molar-refractivity contribution is 6.31. The second-order valence-electron chi connectivity index (χ2n) is 4.38. The number of benzene rings is 1. The van der Waals surface area contributed by atoms with Gasteiger partial charge in [0.1, 0.15) is 11.8 Å². The van der Waals surface area contributed by atoms with Crippen LogP contribution in [-0.2, 0) is 9.59 Å². The summed E-state index contributed by atoms with van der Waals surface area (Å²) < 4.78 is 5.45. The molecule has 1 unspecified atom stereocenters. The number of hydrogen-bond donors (Lipinski definition) is 4. The SMILES string of the molecule is NC(=O)C(C[C@@H]1Oc2ccc(Cl)cc2NC1=O)NC(=O)O. The van der Waals surface area contributed by atoms with Crippen LogP contribution in [0.1, 0.15) is 6.42 Å². The summed E-state index contributed by atoms with van der Waals surface area (Å²) in [5.74, 6) is -1.03. The Balaban J connectivity index is 2.14. The monoisotopic (exact) mass is 313 g/mol. The molecule has 2 rings (SSSR count). The van der Waals surface area contributed by atoms with E-state index in [-0.39, 0.29) is 6.42 Å². The van der Waals surface area contributed by atoms with Crippen LogP contribution in [0.5, 0.6) is 5.75 Å². The third-order valence-electron chi connectivity index (χ3n) is 2.85. The smallest absolute Gasteiger partial charge is 0.405 e. The highest BCUT2D eigenvalue weighted by Gasteiger charge is 2.32. The molecule has 9 heteroatoms. The van der Waals surface area contributed by atoms with Gasteiger partial charge in [-0.2, -0.15) is 0 Å². The molecule has 1 heterocycles. The van der Waals surface area contributed by atoms with E-state index in [0.717, 1.165) is 0 Å². The Morgan fingerprint density at radius 1 is 1.52 bits per heavy atom. The number of nitrogens with one attached hydrogen (secondary N) is 2. The van der Waals surface area contributed by atoms with Crippen LogP contribution in [0.3, 0.4) is 0 Å². The lowest BCUT2D eigenvalue weighted by Gasteiger charge is -2.27. The van der Waals surface area contributed by atoms with Crippen LogP contribution in [0.15, 0.2) is 18.2 Å². The first-order chi connectivity index (χ1) is 9.86. The second kappa shape index (κ2) is 5.88. The first-order valence-electron chi connectivity index (χ1n) is 5.92. The normalized spacial score (nSPS) is 18.0. The molecule has 21 heavy (non-hydrogen) atoms. The maximum atomic E-state index is 11.9. The molecule has 3 amide bonds. The Kier molecular flexibility index (Phi) is 4.18.